The van der Waals surface area contributed by atoms with Gasteiger partial charge in [0.25, 0.3) is 0 Å². The van der Waals surface area contributed by atoms with E-state index in [-0.39, 0.29) is 0 Å². The molecule has 6 heteroatoms. The van der Waals surface area contributed by atoms with Crippen LogP contribution in [0.15, 0.2) is 36.8 Å². The minimum absolute atomic E-state index is 0.422. The monoisotopic (exact) mass is 340 g/mol. The van der Waals surface area contributed by atoms with Gasteiger partial charge in [-0.25, -0.2) is 4.98 Å². The topological polar surface area (TPSA) is 59.9 Å². The van der Waals surface area contributed by atoms with Crippen molar-refractivity contribution in [3.8, 4) is 5.75 Å². The van der Waals surface area contributed by atoms with Gasteiger partial charge in [-0.3, -0.25) is 9.97 Å². The predicted octanol–water partition coefficient (Wildman–Crippen LogP) is 4.41. The van der Waals surface area contributed by atoms with E-state index >= 15 is 0 Å². The molecule has 0 atom stereocenters. The zero-order chi connectivity index (χ0) is 16.2. The van der Waals surface area contributed by atoms with Gasteiger partial charge in [-0.2, -0.15) is 0 Å². The minimum Gasteiger partial charge on any atom is -0.487 e. The summed E-state index contributed by atoms with van der Waals surface area (Å²) >= 11 is 1.70. The summed E-state index contributed by atoms with van der Waals surface area (Å²) in [4.78, 5) is 13.0. The lowest BCUT2D eigenvalue weighted by Crippen LogP contribution is -2.21. The van der Waals surface area contributed by atoms with Crippen LogP contribution in [0.25, 0.3) is 10.2 Å². The van der Waals surface area contributed by atoms with E-state index in [4.69, 9.17) is 9.72 Å². The number of aromatic nitrogens is 3. The van der Waals surface area contributed by atoms with Gasteiger partial charge < -0.3 is 10.1 Å². The SMILES string of the molecule is c1cnc(COc2ccc3nc(NC4CCCCC4)sc3c2)cn1. The fraction of sp³-hybridized carbons (Fsp3) is 0.389. The lowest BCUT2D eigenvalue weighted by atomic mass is 9.96. The summed E-state index contributed by atoms with van der Waals surface area (Å²) in [6.45, 7) is 0.422. The van der Waals surface area contributed by atoms with Crippen molar-refractivity contribution in [2.24, 2.45) is 0 Å². The Morgan fingerprint density at radius 2 is 2.08 bits per heavy atom. The molecule has 0 bridgehead atoms. The van der Waals surface area contributed by atoms with E-state index < -0.39 is 0 Å². The van der Waals surface area contributed by atoms with E-state index in [0.29, 0.717) is 12.6 Å². The first-order chi connectivity index (χ1) is 11.9. The molecule has 0 saturated heterocycles. The third-order valence-corrected chi connectivity index (χ3v) is 5.25. The van der Waals surface area contributed by atoms with Crippen LogP contribution in [0.1, 0.15) is 37.8 Å². The molecule has 1 aliphatic rings. The lowest BCUT2D eigenvalue weighted by molar-refractivity contribution is 0.301. The molecule has 4 rings (SSSR count). The zero-order valence-corrected chi connectivity index (χ0v) is 14.3. The largest absolute Gasteiger partial charge is 0.487 e. The Hall–Kier alpha value is -2.21. The van der Waals surface area contributed by atoms with Crippen LogP contribution in [0.2, 0.25) is 0 Å². The molecule has 0 unspecified atom stereocenters. The average molecular weight is 340 g/mol. The molecule has 1 saturated carbocycles. The van der Waals surface area contributed by atoms with Gasteiger partial charge >= 0.3 is 0 Å². The van der Waals surface area contributed by atoms with Crippen molar-refractivity contribution in [2.75, 3.05) is 5.32 Å². The van der Waals surface area contributed by atoms with E-state index in [1.807, 2.05) is 12.1 Å². The summed E-state index contributed by atoms with van der Waals surface area (Å²) in [6.07, 6.45) is 11.6. The summed E-state index contributed by atoms with van der Waals surface area (Å²) in [6, 6.07) is 6.61. The zero-order valence-electron chi connectivity index (χ0n) is 13.4. The Bertz CT molecular complexity index is 799. The van der Waals surface area contributed by atoms with Crippen molar-refractivity contribution in [3.05, 3.63) is 42.5 Å². The highest BCUT2D eigenvalue weighted by atomic mass is 32.1. The number of anilines is 1. The van der Waals surface area contributed by atoms with E-state index in [1.54, 1.807) is 29.9 Å². The second-order valence-electron chi connectivity index (χ2n) is 6.11. The first-order valence-corrected chi connectivity index (χ1v) is 9.23. The summed E-state index contributed by atoms with van der Waals surface area (Å²) in [7, 11) is 0. The van der Waals surface area contributed by atoms with Gasteiger partial charge in [0, 0.05) is 18.4 Å². The van der Waals surface area contributed by atoms with Crippen LogP contribution in [0, 0.1) is 0 Å². The fourth-order valence-electron chi connectivity index (χ4n) is 3.04. The number of fused-ring (bicyclic) bond motifs is 1. The number of ether oxygens (including phenoxy) is 1. The highest BCUT2D eigenvalue weighted by Gasteiger charge is 2.15. The minimum atomic E-state index is 0.422. The van der Waals surface area contributed by atoms with Crippen molar-refractivity contribution in [3.63, 3.8) is 0 Å². The van der Waals surface area contributed by atoms with Crippen LogP contribution in [0.5, 0.6) is 5.75 Å². The molecular formula is C18H20N4OS. The van der Waals surface area contributed by atoms with Crippen molar-refractivity contribution in [2.45, 2.75) is 44.8 Å². The Morgan fingerprint density at radius 1 is 1.17 bits per heavy atom. The third-order valence-electron chi connectivity index (χ3n) is 4.30. The summed E-state index contributed by atoms with van der Waals surface area (Å²) in [5.74, 6) is 0.834. The molecule has 0 radical (unpaired) electrons. The number of rotatable bonds is 5. The van der Waals surface area contributed by atoms with E-state index in [9.17, 15) is 0 Å². The second kappa shape index (κ2) is 7.13. The quantitative estimate of drug-likeness (QED) is 0.745. The van der Waals surface area contributed by atoms with Crippen LogP contribution in [-0.4, -0.2) is 21.0 Å². The van der Waals surface area contributed by atoms with Crippen molar-refractivity contribution in [1.82, 2.24) is 15.0 Å². The molecule has 5 nitrogen and oxygen atoms in total. The molecule has 24 heavy (non-hydrogen) atoms. The second-order valence-corrected chi connectivity index (χ2v) is 7.14. The molecule has 1 aliphatic carbocycles. The molecule has 1 aromatic carbocycles. The maximum Gasteiger partial charge on any atom is 0.184 e. The van der Waals surface area contributed by atoms with E-state index in [0.717, 1.165) is 26.8 Å². The van der Waals surface area contributed by atoms with Crippen LogP contribution < -0.4 is 10.1 Å². The van der Waals surface area contributed by atoms with Crippen LogP contribution in [0.4, 0.5) is 5.13 Å². The summed E-state index contributed by atoms with van der Waals surface area (Å²) in [5.41, 5.74) is 1.84. The lowest BCUT2D eigenvalue weighted by Gasteiger charge is -2.22. The molecule has 1 fully saturated rings. The van der Waals surface area contributed by atoms with E-state index in [2.05, 4.69) is 21.4 Å². The molecule has 0 aliphatic heterocycles. The number of benzene rings is 1. The van der Waals surface area contributed by atoms with Gasteiger partial charge in [0.2, 0.25) is 0 Å². The number of hydrogen-bond acceptors (Lipinski definition) is 6. The normalized spacial score (nSPS) is 15.5. The number of nitrogens with one attached hydrogen (secondary N) is 1. The first kappa shape index (κ1) is 15.3. The van der Waals surface area contributed by atoms with Gasteiger partial charge in [0.1, 0.15) is 12.4 Å². The Balaban J connectivity index is 1.44. The predicted molar refractivity (Wildman–Crippen MR) is 96.5 cm³/mol. The summed E-state index contributed by atoms with van der Waals surface area (Å²) < 4.78 is 6.96. The number of nitrogens with zero attached hydrogens (tertiary/aromatic N) is 3. The van der Waals surface area contributed by atoms with E-state index in [1.165, 1.54) is 32.1 Å². The van der Waals surface area contributed by atoms with Crippen molar-refractivity contribution < 1.29 is 4.74 Å². The van der Waals surface area contributed by atoms with Crippen LogP contribution in [-0.2, 0) is 6.61 Å². The Labute approximate surface area is 145 Å². The van der Waals surface area contributed by atoms with Gasteiger partial charge in [-0.05, 0) is 31.0 Å². The van der Waals surface area contributed by atoms with Crippen LogP contribution >= 0.6 is 11.3 Å². The van der Waals surface area contributed by atoms with Crippen LogP contribution in [0.3, 0.4) is 0 Å². The number of thiazole rings is 1. The molecule has 1 N–H and O–H groups in total. The molecular weight excluding hydrogens is 320 g/mol. The van der Waals surface area contributed by atoms with Gasteiger partial charge in [0.05, 0.1) is 22.1 Å². The molecule has 2 heterocycles. The molecule has 0 amide bonds. The highest BCUT2D eigenvalue weighted by molar-refractivity contribution is 7.22. The highest BCUT2D eigenvalue weighted by Crippen LogP contribution is 2.31. The molecule has 2 aromatic heterocycles. The first-order valence-electron chi connectivity index (χ1n) is 8.42. The Kier molecular flexibility index (Phi) is 4.55. The van der Waals surface area contributed by atoms with Gasteiger partial charge in [-0.15, -0.1) is 0 Å². The average Bonchev–Trinajstić information content (AvgIpc) is 3.03. The maximum absolute atomic E-state index is 5.82. The standard InChI is InChI=1S/C18H20N4OS/c1-2-4-13(5-3-1)21-18-22-16-7-6-15(10-17(16)24-18)23-12-14-11-19-8-9-20-14/h6-11,13H,1-5,12H2,(H,21,22). The van der Waals surface area contributed by atoms with Gasteiger partial charge in [0.15, 0.2) is 5.13 Å². The molecule has 0 spiro atoms. The van der Waals surface area contributed by atoms with Crippen molar-refractivity contribution in [1.29, 1.82) is 0 Å². The Morgan fingerprint density at radius 3 is 2.92 bits per heavy atom. The third kappa shape index (κ3) is 3.64. The van der Waals surface area contributed by atoms with Gasteiger partial charge in [-0.1, -0.05) is 30.6 Å². The van der Waals surface area contributed by atoms with Crippen molar-refractivity contribution >= 4 is 26.7 Å². The smallest absolute Gasteiger partial charge is 0.184 e. The fourth-order valence-corrected chi connectivity index (χ4v) is 4.01. The summed E-state index contributed by atoms with van der Waals surface area (Å²) in [5, 5.41) is 4.61. The molecule has 3 aromatic rings. The molecule has 124 valence electrons. The maximum atomic E-state index is 5.82. The number of hydrogen-bond donors (Lipinski definition) is 1.